The molecule has 4 heteroatoms. The highest BCUT2D eigenvalue weighted by molar-refractivity contribution is 5.79. The van der Waals surface area contributed by atoms with Gasteiger partial charge in [-0.3, -0.25) is 0 Å². The Kier molecular flexibility index (Phi) is 5.72. The molecule has 1 amide bonds. The quantitative estimate of drug-likeness (QED) is 0.638. The Bertz CT molecular complexity index is 1090. The van der Waals surface area contributed by atoms with Gasteiger partial charge in [0.05, 0.1) is 13.7 Å². The Balaban J connectivity index is 1.35. The van der Waals surface area contributed by atoms with Crippen molar-refractivity contribution in [3.05, 3.63) is 89.0 Å². The molecule has 1 aliphatic carbocycles. The van der Waals surface area contributed by atoms with Gasteiger partial charge in [-0.1, -0.05) is 60.4 Å². The Hall–Kier alpha value is -3.71. The van der Waals surface area contributed by atoms with Crippen LogP contribution in [-0.4, -0.2) is 26.4 Å². The largest absolute Gasteiger partial charge is 0.497 e. The number of ether oxygens (including phenoxy) is 2. The fourth-order valence-electron chi connectivity index (χ4n) is 3.85. The van der Waals surface area contributed by atoms with E-state index in [-0.39, 0.29) is 12.5 Å². The second kappa shape index (κ2) is 8.75. The van der Waals surface area contributed by atoms with E-state index in [1.807, 2.05) is 49.4 Å². The summed E-state index contributed by atoms with van der Waals surface area (Å²) in [5.74, 6) is 6.81. The lowest BCUT2D eigenvalue weighted by Gasteiger charge is -2.14. The van der Waals surface area contributed by atoms with E-state index in [9.17, 15) is 4.79 Å². The molecule has 30 heavy (non-hydrogen) atoms. The lowest BCUT2D eigenvalue weighted by Crippen LogP contribution is -2.26. The van der Waals surface area contributed by atoms with Crippen LogP contribution in [0.4, 0.5) is 4.79 Å². The zero-order valence-corrected chi connectivity index (χ0v) is 17.1. The number of rotatable bonds is 4. The van der Waals surface area contributed by atoms with E-state index in [4.69, 9.17) is 9.47 Å². The first-order valence-electron chi connectivity index (χ1n) is 9.89. The number of benzene rings is 3. The third-order valence-corrected chi connectivity index (χ3v) is 5.18. The van der Waals surface area contributed by atoms with E-state index < -0.39 is 6.09 Å². The molecule has 0 radical (unpaired) electrons. The third kappa shape index (κ3) is 4.16. The highest BCUT2D eigenvalue weighted by atomic mass is 16.5. The van der Waals surface area contributed by atoms with Gasteiger partial charge in [0.25, 0.3) is 0 Å². The third-order valence-electron chi connectivity index (χ3n) is 5.18. The molecular formula is C26H23NO3. The minimum Gasteiger partial charge on any atom is -0.497 e. The smallest absolute Gasteiger partial charge is 0.407 e. The van der Waals surface area contributed by atoms with Gasteiger partial charge in [0.1, 0.15) is 12.4 Å². The summed E-state index contributed by atoms with van der Waals surface area (Å²) in [6, 6.07) is 22.3. The molecule has 1 aliphatic rings. The molecule has 150 valence electrons. The predicted octanol–water partition coefficient (Wildman–Crippen LogP) is 4.89. The standard InChI is InChI=1S/C26H23NO3/c1-18-14-19(16-20(15-18)29-2)8-7-13-27-26(28)30-17-25-23-11-5-3-9-21(23)22-10-4-6-12-24(22)25/h3-6,9-12,14-16,25H,13,17H2,1-2H3,(H,27,28). The summed E-state index contributed by atoms with van der Waals surface area (Å²) < 4.78 is 10.8. The van der Waals surface area contributed by atoms with Gasteiger partial charge in [0.2, 0.25) is 0 Å². The number of amides is 1. The number of aryl methyl sites for hydroxylation is 1. The first kappa shape index (κ1) is 19.6. The van der Waals surface area contributed by atoms with E-state index in [0.29, 0.717) is 6.61 Å². The van der Waals surface area contributed by atoms with Gasteiger partial charge in [-0.25, -0.2) is 4.79 Å². The van der Waals surface area contributed by atoms with Gasteiger partial charge >= 0.3 is 6.09 Å². The Morgan fingerprint density at radius 1 is 1.00 bits per heavy atom. The van der Waals surface area contributed by atoms with Crippen molar-refractivity contribution in [1.82, 2.24) is 5.32 Å². The van der Waals surface area contributed by atoms with Crippen LogP contribution in [0.2, 0.25) is 0 Å². The molecule has 1 N–H and O–H groups in total. The van der Waals surface area contributed by atoms with Gasteiger partial charge < -0.3 is 14.8 Å². The average molecular weight is 397 g/mol. The summed E-state index contributed by atoms with van der Waals surface area (Å²) in [7, 11) is 1.63. The van der Waals surface area contributed by atoms with Crippen molar-refractivity contribution in [2.24, 2.45) is 0 Å². The zero-order valence-electron chi connectivity index (χ0n) is 17.1. The molecular weight excluding hydrogens is 374 g/mol. The molecule has 0 bridgehead atoms. The average Bonchev–Trinajstić information content (AvgIpc) is 3.09. The minimum atomic E-state index is -0.465. The molecule has 4 rings (SSSR count). The molecule has 0 heterocycles. The first-order chi connectivity index (χ1) is 14.7. The van der Waals surface area contributed by atoms with Gasteiger partial charge in [-0.05, 0) is 52.9 Å². The van der Waals surface area contributed by atoms with Crippen molar-refractivity contribution in [1.29, 1.82) is 0 Å². The van der Waals surface area contributed by atoms with Crippen LogP contribution in [0.3, 0.4) is 0 Å². The van der Waals surface area contributed by atoms with Crippen LogP contribution in [0.5, 0.6) is 5.75 Å². The summed E-state index contributed by atoms with van der Waals surface area (Å²) in [6.07, 6.45) is -0.465. The normalized spacial score (nSPS) is 11.7. The Morgan fingerprint density at radius 2 is 1.67 bits per heavy atom. The molecule has 0 aliphatic heterocycles. The van der Waals surface area contributed by atoms with E-state index in [2.05, 4.69) is 41.4 Å². The fourth-order valence-corrected chi connectivity index (χ4v) is 3.85. The van der Waals surface area contributed by atoms with Crippen LogP contribution < -0.4 is 10.1 Å². The van der Waals surface area contributed by atoms with Crippen LogP contribution >= 0.6 is 0 Å². The van der Waals surface area contributed by atoms with Crippen molar-refractivity contribution in [2.75, 3.05) is 20.3 Å². The second-order valence-corrected chi connectivity index (χ2v) is 7.22. The van der Waals surface area contributed by atoms with Crippen LogP contribution in [0.15, 0.2) is 66.7 Å². The number of hydrogen-bond acceptors (Lipinski definition) is 3. The molecule has 0 fully saturated rings. The van der Waals surface area contributed by atoms with Crippen LogP contribution in [0.1, 0.15) is 28.2 Å². The first-order valence-corrected chi connectivity index (χ1v) is 9.89. The monoisotopic (exact) mass is 397 g/mol. The summed E-state index contributed by atoms with van der Waals surface area (Å²) in [5.41, 5.74) is 6.73. The Labute approximate surface area is 176 Å². The number of nitrogens with one attached hydrogen (secondary N) is 1. The number of carbonyl (C=O) groups is 1. The van der Waals surface area contributed by atoms with E-state index in [1.165, 1.54) is 22.3 Å². The number of carbonyl (C=O) groups excluding carboxylic acids is 1. The Morgan fingerprint density at radius 3 is 2.33 bits per heavy atom. The topological polar surface area (TPSA) is 47.6 Å². The molecule has 0 atom stereocenters. The zero-order chi connectivity index (χ0) is 20.9. The van der Waals surface area contributed by atoms with Crippen LogP contribution in [0, 0.1) is 18.8 Å². The summed E-state index contributed by atoms with van der Waals surface area (Å²) in [4.78, 5) is 12.2. The summed E-state index contributed by atoms with van der Waals surface area (Å²) >= 11 is 0. The van der Waals surface area contributed by atoms with Gasteiger partial charge in [-0.2, -0.15) is 0 Å². The fraction of sp³-hybridized carbons (Fsp3) is 0.192. The van der Waals surface area contributed by atoms with Crippen molar-refractivity contribution >= 4 is 6.09 Å². The molecule has 3 aromatic carbocycles. The SMILES string of the molecule is COc1cc(C)cc(C#CCNC(=O)OCC2c3ccccc3-c3ccccc32)c1. The second-order valence-electron chi connectivity index (χ2n) is 7.22. The highest BCUT2D eigenvalue weighted by Gasteiger charge is 2.28. The van der Waals surface area contributed by atoms with Gasteiger partial charge in [0.15, 0.2) is 0 Å². The van der Waals surface area contributed by atoms with Crippen LogP contribution in [-0.2, 0) is 4.74 Å². The van der Waals surface area contributed by atoms with Crippen LogP contribution in [0.25, 0.3) is 11.1 Å². The van der Waals surface area contributed by atoms with Gasteiger partial charge in [-0.15, -0.1) is 0 Å². The number of alkyl carbamates (subject to hydrolysis) is 1. The van der Waals surface area contributed by atoms with Crippen molar-refractivity contribution < 1.29 is 14.3 Å². The molecule has 0 saturated heterocycles. The van der Waals surface area contributed by atoms with Crippen molar-refractivity contribution in [3.63, 3.8) is 0 Å². The van der Waals surface area contributed by atoms with E-state index in [1.54, 1.807) is 7.11 Å². The van der Waals surface area contributed by atoms with Crippen molar-refractivity contribution in [3.8, 4) is 28.7 Å². The molecule has 4 nitrogen and oxygen atoms in total. The molecule has 0 saturated carbocycles. The number of hydrogen-bond donors (Lipinski definition) is 1. The molecule has 3 aromatic rings. The molecule has 0 aromatic heterocycles. The maximum absolute atomic E-state index is 12.2. The highest BCUT2D eigenvalue weighted by Crippen LogP contribution is 2.44. The summed E-state index contributed by atoms with van der Waals surface area (Å²) in [5, 5.41) is 2.70. The molecule has 0 spiro atoms. The van der Waals surface area contributed by atoms with E-state index in [0.717, 1.165) is 16.9 Å². The van der Waals surface area contributed by atoms with Crippen molar-refractivity contribution in [2.45, 2.75) is 12.8 Å². The lowest BCUT2D eigenvalue weighted by atomic mass is 9.98. The number of methoxy groups -OCH3 is 1. The lowest BCUT2D eigenvalue weighted by molar-refractivity contribution is 0.144. The molecule has 0 unspecified atom stereocenters. The number of fused-ring (bicyclic) bond motifs is 3. The predicted molar refractivity (Wildman–Crippen MR) is 118 cm³/mol. The maximum atomic E-state index is 12.2. The summed E-state index contributed by atoms with van der Waals surface area (Å²) in [6.45, 7) is 2.50. The van der Waals surface area contributed by atoms with Gasteiger partial charge in [0, 0.05) is 11.5 Å². The minimum absolute atomic E-state index is 0.0500. The maximum Gasteiger partial charge on any atom is 0.407 e. The van der Waals surface area contributed by atoms with E-state index >= 15 is 0 Å².